The summed E-state index contributed by atoms with van der Waals surface area (Å²) in [7, 11) is -2.84. The normalized spacial score (nSPS) is 11.2. The summed E-state index contributed by atoms with van der Waals surface area (Å²) in [6.07, 6.45) is 1.61. The number of hydrogen-bond acceptors (Lipinski definition) is 5. The van der Waals surface area contributed by atoms with Gasteiger partial charge in [0.05, 0.1) is 17.6 Å². The summed E-state index contributed by atoms with van der Waals surface area (Å²) in [6.45, 7) is 0.571. The SMILES string of the molecule is COC(=O)c1cc(NCCCCCl)c(-c2ccccc2)c(S(N)(=O)=O)c1. The van der Waals surface area contributed by atoms with E-state index < -0.39 is 16.0 Å². The molecule has 0 atom stereocenters. The van der Waals surface area contributed by atoms with Gasteiger partial charge in [-0.15, -0.1) is 11.6 Å². The lowest BCUT2D eigenvalue weighted by molar-refractivity contribution is 0.0600. The number of carbonyl (C=O) groups excluding carboxylic acids is 1. The fourth-order valence-corrected chi connectivity index (χ4v) is 3.55. The zero-order valence-corrected chi connectivity index (χ0v) is 15.9. The Kier molecular flexibility index (Phi) is 7.02. The molecule has 2 rings (SSSR count). The van der Waals surface area contributed by atoms with Crippen LogP contribution in [0.25, 0.3) is 11.1 Å². The van der Waals surface area contributed by atoms with E-state index in [9.17, 15) is 13.2 Å². The van der Waals surface area contributed by atoms with Gasteiger partial charge >= 0.3 is 5.97 Å². The van der Waals surface area contributed by atoms with Crippen molar-refractivity contribution in [3.8, 4) is 11.1 Å². The van der Waals surface area contributed by atoms with Gasteiger partial charge in [0.1, 0.15) is 0 Å². The van der Waals surface area contributed by atoms with Crippen LogP contribution in [0, 0.1) is 0 Å². The largest absolute Gasteiger partial charge is 0.465 e. The quantitative estimate of drug-likeness (QED) is 0.405. The fourth-order valence-electron chi connectivity index (χ4n) is 2.56. The Morgan fingerprint density at radius 2 is 1.88 bits per heavy atom. The number of alkyl halides is 1. The zero-order chi connectivity index (χ0) is 19.2. The average molecular weight is 397 g/mol. The molecule has 0 amide bonds. The van der Waals surface area contributed by atoms with Crippen LogP contribution in [0.4, 0.5) is 5.69 Å². The van der Waals surface area contributed by atoms with Gasteiger partial charge in [-0.1, -0.05) is 30.3 Å². The van der Waals surface area contributed by atoms with Crippen molar-refractivity contribution in [2.24, 2.45) is 5.14 Å². The van der Waals surface area contributed by atoms with Gasteiger partial charge in [-0.3, -0.25) is 0 Å². The van der Waals surface area contributed by atoms with E-state index in [4.69, 9.17) is 21.5 Å². The Balaban J connectivity index is 2.65. The van der Waals surface area contributed by atoms with Gasteiger partial charge in [-0.05, 0) is 30.5 Å². The molecule has 6 nitrogen and oxygen atoms in total. The second-order valence-corrected chi connectivity index (χ2v) is 7.53. The van der Waals surface area contributed by atoms with E-state index in [1.54, 1.807) is 30.3 Å². The van der Waals surface area contributed by atoms with E-state index >= 15 is 0 Å². The van der Waals surface area contributed by atoms with Crippen LogP contribution in [-0.4, -0.2) is 33.9 Å². The number of methoxy groups -OCH3 is 1. The van der Waals surface area contributed by atoms with Crippen molar-refractivity contribution in [1.29, 1.82) is 0 Å². The molecule has 0 aliphatic heterocycles. The first-order valence-corrected chi connectivity index (χ1v) is 10.1. The van der Waals surface area contributed by atoms with E-state index in [2.05, 4.69) is 5.32 Å². The molecule has 0 heterocycles. The summed E-state index contributed by atoms with van der Waals surface area (Å²) in [5, 5.41) is 8.62. The number of anilines is 1. The van der Waals surface area contributed by atoms with E-state index in [1.165, 1.54) is 13.2 Å². The smallest absolute Gasteiger partial charge is 0.337 e. The predicted octanol–water partition coefficient (Wildman–Crippen LogP) is 3.22. The third kappa shape index (κ3) is 4.97. The third-order valence-electron chi connectivity index (χ3n) is 3.77. The topological polar surface area (TPSA) is 98.5 Å². The number of halogens is 1. The second-order valence-electron chi connectivity index (χ2n) is 5.62. The number of rotatable bonds is 8. The molecule has 2 aromatic rings. The standard InChI is InChI=1S/C18H21ClN2O4S/c1-25-18(22)14-11-15(21-10-6-5-9-19)17(13-7-3-2-4-8-13)16(12-14)26(20,23)24/h2-4,7-8,11-12,21H,5-6,9-10H2,1H3,(H2,20,23,24). The Morgan fingerprint density at radius 3 is 2.46 bits per heavy atom. The molecule has 0 aromatic heterocycles. The summed E-state index contributed by atoms with van der Waals surface area (Å²) >= 11 is 5.70. The molecule has 0 spiro atoms. The Morgan fingerprint density at radius 1 is 1.19 bits per heavy atom. The molecule has 0 radical (unpaired) electrons. The van der Waals surface area contributed by atoms with Gasteiger partial charge in [-0.25, -0.2) is 18.4 Å². The molecule has 8 heteroatoms. The van der Waals surface area contributed by atoms with Gasteiger partial charge < -0.3 is 10.1 Å². The van der Waals surface area contributed by atoms with Crippen molar-refractivity contribution in [2.75, 3.05) is 24.9 Å². The van der Waals surface area contributed by atoms with Crippen LogP contribution in [0.2, 0.25) is 0 Å². The number of sulfonamides is 1. The number of carbonyl (C=O) groups is 1. The minimum Gasteiger partial charge on any atom is -0.465 e. The highest BCUT2D eigenvalue weighted by molar-refractivity contribution is 7.89. The van der Waals surface area contributed by atoms with Crippen molar-refractivity contribution in [2.45, 2.75) is 17.7 Å². The highest BCUT2D eigenvalue weighted by Crippen LogP contribution is 2.35. The number of esters is 1. The number of unbranched alkanes of at least 4 members (excludes halogenated alkanes) is 1. The maximum absolute atomic E-state index is 12.2. The van der Waals surface area contributed by atoms with Crippen LogP contribution in [0.1, 0.15) is 23.2 Å². The number of nitrogens with two attached hydrogens (primary N) is 1. The maximum Gasteiger partial charge on any atom is 0.337 e. The first kappa shape index (κ1) is 20.2. The molecule has 0 aliphatic carbocycles. The number of nitrogens with one attached hydrogen (secondary N) is 1. The lowest BCUT2D eigenvalue weighted by atomic mass is 10.0. The van der Waals surface area contributed by atoms with Gasteiger partial charge in [0.25, 0.3) is 0 Å². The minimum absolute atomic E-state index is 0.107. The maximum atomic E-state index is 12.2. The van der Waals surface area contributed by atoms with Crippen LogP contribution >= 0.6 is 11.6 Å². The van der Waals surface area contributed by atoms with Gasteiger partial charge in [-0.2, -0.15) is 0 Å². The number of hydrogen-bond donors (Lipinski definition) is 2. The van der Waals surface area contributed by atoms with Crippen LogP contribution < -0.4 is 10.5 Å². The molecule has 0 fully saturated rings. The second kappa shape index (κ2) is 9.02. The molecule has 0 unspecified atom stereocenters. The predicted molar refractivity (Wildman–Crippen MR) is 103 cm³/mol. The lowest BCUT2D eigenvalue weighted by Gasteiger charge is -2.17. The molecule has 140 valence electrons. The van der Waals surface area contributed by atoms with E-state index in [-0.39, 0.29) is 10.5 Å². The highest BCUT2D eigenvalue weighted by Gasteiger charge is 2.22. The van der Waals surface area contributed by atoms with Crippen molar-refractivity contribution < 1.29 is 17.9 Å². The molecule has 2 aromatic carbocycles. The first-order valence-electron chi connectivity index (χ1n) is 8.03. The minimum atomic E-state index is -4.07. The third-order valence-corrected chi connectivity index (χ3v) is 4.97. The molecule has 3 N–H and O–H groups in total. The van der Waals surface area contributed by atoms with Crippen molar-refractivity contribution in [3.05, 3.63) is 48.0 Å². The fraction of sp³-hybridized carbons (Fsp3) is 0.278. The number of ether oxygens (including phenoxy) is 1. The van der Waals surface area contributed by atoms with E-state index in [0.29, 0.717) is 29.2 Å². The monoisotopic (exact) mass is 396 g/mol. The Hall–Kier alpha value is -2.09. The van der Waals surface area contributed by atoms with Crippen LogP contribution in [0.15, 0.2) is 47.4 Å². The summed E-state index contributed by atoms with van der Waals surface area (Å²) < 4.78 is 29.1. The summed E-state index contributed by atoms with van der Waals surface area (Å²) in [5.74, 6) is -0.101. The van der Waals surface area contributed by atoms with Gasteiger partial charge in [0, 0.05) is 23.7 Å². The summed E-state index contributed by atoms with van der Waals surface area (Å²) in [5.41, 5.74) is 1.70. The lowest BCUT2D eigenvalue weighted by Crippen LogP contribution is -2.17. The van der Waals surface area contributed by atoms with Crippen LogP contribution in [0.3, 0.4) is 0 Å². The molecule has 0 saturated heterocycles. The summed E-state index contributed by atoms with van der Waals surface area (Å²) in [6, 6.07) is 11.8. The average Bonchev–Trinajstić information content (AvgIpc) is 2.63. The molecule has 26 heavy (non-hydrogen) atoms. The summed E-state index contributed by atoms with van der Waals surface area (Å²) in [4.78, 5) is 11.8. The number of benzene rings is 2. The molecular weight excluding hydrogens is 376 g/mol. The van der Waals surface area contributed by atoms with E-state index in [0.717, 1.165) is 12.8 Å². The molecule has 0 aliphatic rings. The molecular formula is C18H21ClN2O4S. The highest BCUT2D eigenvalue weighted by atomic mass is 35.5. The Labute approximate surface area is 158 Å². The first-order chi connectivity index (χ1) is 12.4. The van der Waals surface area contributed by atoms with Crippen LogP contribution in [0.5, 0.6) is 0 Å². The van der Waals surface area contributed by atoms with Crippen molar-refractivity contribution in [1.82, 2.24) is 0 Å². The van der Waals surface area contributed by atoms with Crippen molar-refractivity contribution in [3.63, 3.8) is 0 Å². The van der Waals surface area contributed by atoms with Gasteiger partial charge in [0.2, 0.25) is 10.0 Å². The Bertz CT molecular complexity index is 870. The van der Waals surface area contributed by atoms with Crippen molar-refractivity contribution >= 4 is 33.3 Å². The number of primary sulfonamides is 1. The van der Waals surface area contributed by atoms with Gasteiger partial charge in [0.15, 0.2) is 0 Å². The molecule has 0 saturated carbocycles. The zero-order valence-electron chi connectivity index (χ0n) is 14.4. The van der Waals surface area contributed by atoms with E-state index in [1.807, 2.05) is 6.07 Å². The van der Waals surface area contributed by atoms with Crippen LogP contribution in [-0.2, 0) is 14.8 Å². The molecule has 0 bridgehead atoms.